The SMILES string of the molecule is Cc1cc(C(N)CC(C)CC(=O)O)sc1Br. The van der Waals surface area contributed by atoms with Crippen molar-refractivity contribution in [3.05, 3.63) is 20.3 Å². The second kappa shape index (κ2) is 5.80. The second-order valence-electron chi connectivity index (χ2n) is 4.15. The van der Waals surface area contributed by atoms with Crippen molar-refractivity contribution in [1.82, 2.24) is 0 Å². The molecular weight excluding hydrogens is 290 g/mol. The van der Waals surface area contributed by atoms with Crippen LogP contribution < -0.4 is 5.73 Å². The number of carboxylic acids is 1. The highest BCUT2D eigenvalue weighted by Gasteiger charge is 2.16. The van der Waals surface area contributed by atoms with E-state index in [0.29, 0.717) is 6.42 Å². The van der Waals surface area contributed by atoms with Crippen molar-refractivity contribution in [1.29, 1.82) is 0 Å². The summed E-state index contributed by atoms with van der Waals surface area (Å²) in [4.78, 5) is 11.7. The molecule has 0 bridgehead atoms. The Hall–Kier alpha value is -0.390. The first-order valence-electron chi connectivity index (χ1n) is 5.13. The third kappa shape index (κ3) is 3.88. The molecule has 3 N–H and O–H groups in total. The minimum Gasteiger partial charge on any atom is -0.481 e. The molecule has 90 valence electrons. The Morgan fingerprint density at radius 1 is 1.69 bits per heavy atom. The van der Waals surface area contributed by atoms with Crippen molar-refractivity contribution in [2.45, 2.75) is 32.7 Å². The van der Waals surface area contributed by atoms with Gasteiger partial charge in [-0.15, -0.1) is 11.3 Å². The maximum atomic E-state index is 10.5. The van der Waals surface area contributed by atoms with E-state index in [1.54, 1.807) is 11.3 Å². The molecule has 0 aliphatic rings. The lowest BCUT2D eigenvalue weighted by molar-refractivity contribution is -0.138. The van der Waals surface area contributed by atoms with E-state index in [4.69, 9.17) is 10.8 Å². The third-order valence-electron chi connectivity index (χ3n) is 2.42. The van der Waals surface area contributed by atoms with Crippen LogP contribution in [0.5, 0.6) is 0 Å². The lowest BCUT2D eigenvalue weighted by Crippen LogP contribution is -2.15. The van der Waals surface area contributed by atoms with Crippen LogP contribution in [-0.2, 0) is 4.79 Å². The highest BCUT2D eigenvalue weighted by molar-refractivity contribution is 9.11. The monoisotopic (exact) mass is 305 g/mol. The molecule has 1 aromatic rings. The van der Waals surface area contributed by atoms with Gasteiger partial charge in [0.15, 0.2) is 0 Å². The Labute approximate surface area is 108 Å². The number of aryl methyl sites for hydroxylation is 1. The quantitative estimate of drug-likeness (QED) is 0.877. The lowest BCUT2D eigenvalue weighted by atomic mass is 9.98. The van der Waals surface area contributed by atoms with Crippen LogP contribution in [0.2, 0.25) is 0 Å². The molecule has 1 aromatic heterocycles. The van der Waals surface area contributed by atoms with E-state index in [9.17, 15) is 4.79 Å². The van der Waals surface area contributed by atoms with Crippen LogP contribution in [0.3, 0.4) is 0 Å². The van der Waals surface area contributed by atoms with E-state index in [1.807, 2.05) is 13.8 Å². The number of rotatable bonds is 5. The fourth-order valence-electron chi connectivity index (χ4n) is 1.60. The molecular formula is C11H16BrNO2S. The molecule has 0 spiro atoms. The number of carboxylic acid groups (broad SMARTS) is 1. The number of aliphatic carboxylic acids is 1. The molecule has 0 saturated carbocycles. The summed E-state index contributed by atoms with van der Waals surface area (Å²) >= 11 is 5.09. The molecule has 0 saturated heterocycles. The van der Waals surface area contributed by atoms with Crippen LogP contribution in [0.1, 0.15) is 36.2 Å². The molecule has 0 radical (unpaired) electrons. The summed E-state index contributed by atoms with van der Waals surface area (Å²) in [5, 5.41) is 8.67. The zero-order chi connectivity index (χ0) is 12.3. The zero-order valence-electron chi connectivity index (χ0n) is 9.37. The molecule has 0 fully saturated rings. The number of nitrogens with two attached hydrogens (primary N) is 1. The molecule has 1 rings (SSSR count). The van der Waals surface area contributed by atoms with Crippen LogP contribution >= 0.6 is 27.3 Å². The van der Waals surface area contributed by atoms with Crippen molar-refractivity contribution in [3.63, 3.8) is 0 Å². The van der Waals surface area contributed by atoms with E-state index in [1.165, 1.54) is 5.56 Å². The van der Waals surface area contributed by atoms with Crippen molar-refractivity contribution in [3.8, 4) is 0 Å². The van der Waals surface area contributed by atoms with Crippen LogP contribution in [0, 0.1) is 12.8 Å². The van der Waals surface area contributed by atoms with Crippen LogP contribution in [0.4, 0.5) is 0 Å². The number of carbonyl (C=O) groups is 1. The highest BCUT2D eigenvalue weighted by atomic mass is 79.9. The Kier molecular flexibility index (Phi) is 4.95. The van der Waals surface area contributed by atoms with Crippen molar-refractivity contribution >= 4 is 33.2 Å². The summed E-state index contributed by atoms with van der Waals surface area (Å²) in [6.07, 6.45) is 0.887. The Morgan fingerprint density at radius 2 is 2.31 bits per heavy atom. The average molecular weight is 306 g/mol. The summed E-state index contributed by atoms with van der Waals surface area (Å²) in [7, 11) is 0. The van der Waals surface area contributed by atoms with Crippen molar-refractivity contribution in [2.75, 3.05) is 0 Å². The fourth-order valence-corrected chi connectivity index (χ4v) is 3.18. The number of thiophene rings is 1. The van der Waals surface area contributed by atoms with Gasteiger partial charge < -0.3 is 10.8 Å². The van der Waals surface area contributed by atoms with E-state index < -0.39 is 5.97 Å². The normalized spacial score (nSPS) is 14.8. The molecule has 2 unspecified atom stereocenters. The van der Waals surface area contributed by atoms with E-state index in [2.05, 4.69) is 22.0 Å². The minimum absolute atomic E-state index is 0.0654. The predicted molar refractivity (Wildman–Crippen MR) is 69.7 cm³/mol. The van der Waals surface area contributed by atoms with Crippen LogP contribution in [-0.4, -0.2) is 11.1 Å². The molecule has 1 heterocycles. The van der Waals surface area contributed by atoms with Crippen molar-refractivity contribution < 1.29 is 9.90 Å². The topological polar surface area (TPSA) is 63.3 Å². The Bertz CT molecular complexity index is 359. The number of halogens is 1. The summed E-state index contributed by atoms with van der Waals surface area (Å²) in [6, 6.07) is 2.00. The van der Waals surface area contributed by atoms with Crippen LogP contribution in [0.25, 0.3) is 0 Å². The fraction of sp³-hybridized carbons (Fsp3) is 0.545. The van der Waals surface area contributed by atoms with Crippen LogP contribution in [0.15, 0.2) is 9.85 Å². The molecule has 0 amide bonds. The molecule has 3 nitrogen and oxygen atoms in total. The van der Waals surface area contributed by atoms with Gasteiger partial charge in [0.1, 0.15) is 0 Å². The van der Waals surface area contributed by atoms with Gasteiger partial charge in [-0.1, -0.05) is 6.92 Å². The van der Waals surface area contributed by atoms with Gasteiger partial charge in [-0.3, -0.25) is 4.79 Å². The summed E-state index contributed by atoms with van der Waals surface area (Å²) in [5.74, 6) is -0.656. The molecule has 0 aromatic carbocycles. The van der Waals surface area contributed by atoms with E-state index in [0.717, 1.165) is 8.66 Å². The number of hydrogen-bond donors (Lipinski definition) is 2. The molecule has 0 aliphatic carbocycles. The van der Waals surface area contributed by atoms with Gasteiger partial charge in [0.25, 0.3) is 0 Å². The minimum atomic E-state index is -0.761. The molecule has 2 atom stereocenters. The van der Waals surface area contributed by atoms with E-state index in [-0.39, 0.29) is 18.4 Å². The summed E-state index contributed by atoms with van der Waals surface area (Å²) in [5.41, 5.74) is 7.23. The first-order chi connectivity index (χ1) is 7.40. The van der Waals surface area contributed by atoms with E-state index >= 15 is 0 Å². The van der Waals surface area contributed by atoms with Gasteiger partial charge in [-0.2, -0.15) is 0 Å². The standard InChI is InChI=1S/C11H16BrNO2S/c1-6(4-10(14)15)3-8(13)9-5-7(2)11(12)16-9/h5-6,8H,3-4,13H2,1-2H3,(H,14,15). The summed E-state index contributed by atoms with van der Waals surface area (Å²) in [6.45, 7) is 3.95. The smallest absolute Gasteiger partial charge is 0.303 e. The van der Waals surface area contributed by atoms with Gasteiger partial charge in [-0.25, -0.2) is 0 Å². The lowest BCUT2D eigenvalue weighted by Gasteiger charge is -2.14. The van der Waals surface area contributed by atoms with Gasteiger partial charge in [-0.05, 0) is 46.8 Å². The van der Waals surface area contributed by atoms with Gasteiger partial charge >= 0.3 is 5.97 Å². The molecule has 16 heavy (non-hydrogen) atoms. The second-order valence-corrected chi connectivity index (χ2v) is 6.55. The van der Waals surface area contributed by atoms with Gasteiger partial charge in [0, 0.05) is 17.3 Å². The maximum absolute atomic E-state index is 10.5. The average Bonchev–Trinajstić information content (AvgIpc) is 2.45. The zero-order valence-corrected chi connectivity index (χ0v) is 11.8. The first kappa shape index (κ1) is 13.7. The van der Waals surface area contributed by atoms with Gasteiger partial charge in [0.2, 0.25) is 0 Å². The largest absolute Gasteiger partial charge is 0.481 e. The van der Waals surface area contributed by atoms with Gasteiger partial charge in [0.05, 0.1) is 3.79 Å². The Balaban J connectivity index is 2.58. The first-order valence-corrected chi connectivity index (χ1v) is 6.74. The third-order valence-corrected chi connectivity index (χ3v) is 4.69. The molecule has 0 aliphatic heterocycles. The Morgan fingerprint density at radius 3 is 2.75 bits per heavy atom. The number of hydrogen-bond acceptors (Lipinski definition) is 3. The maximum Gasteiger partial charge on any atom is 0.303 e. The van der Waals surface area contributed by atoms with Crippen molar-refractivity contribution in [2.24, 2.45) is 11.7 Å². The molecule has 5 heteroatoms. The highest BCUT2D eigenvalue weighted by Crippen LogP contribution is 2.33. The summed E-state index contributed by atoms with van der Waals surface area (Å²) < 4.78 is 1.10. The predicted octanol–water partition coefficient (Wildman–Crippen LogP) is 3.32.